The molecule has 0 spiro atoms. The second-order valence-electron chi connectivity index (χ2n) is 22.5. The van der Waals surface area contributed by atoms with Crippen LogP contribution in [0.5, 0.6) is 11.5 Å². The molecule has 9 rings (SSSR count). The van der Waals surface area contributed by atoms with Gasteiger partial charge < -0.3 is 63.8 Å². The van der Waals surface area contributed by atoms with Gasteiger partial charge in [0, 0.05) is 92.0 Å². The van der Waals surface area contributed by atoms with E-state index in [-0.39, 0.29) is 74.5 Å². The number of carbonyl (C=O) groups is 4. The van der Waals surface area contributed by atoms with Gasteiger partial charge >= 0.3 is 0 Å². The van der Waals surface area contributed by atoms with Gasteiger partial charge in [-0.15, -0.1) is 11.3 Å². The van der Waals surface area contributed by atoms with Crippen molar-refractivity contribution in [1.82, 2.24) is 30.4 Å². The molecule has 3 aliphatic heterocycles. The molecule has 4 aromatic carbocycles. The van der Waals surface area contributed by atoms with Crippen LogP contribution < -0.4 is 30.6 Å². The molecule has 2 aromatic heterocycles. The number of β-amino-alcohol motifs (C(OH)–C–C–N with tert-alkyl or cyclic N) is 1. The highest BCUT2D eigenvalue weighted by atomic mass is 32.1. The van der Waals surface area contributed by atoms with Gasteiger partial charge in [-0.1, -0.05) is 56.3 Å². The molecule has 86 heavy (non-hydrogen) atoms. The number of hydrogen-bond donors (Lipinski definition) is 4. The predicted octanol–water partition coefficient (Wildman–Crippen LogP) is 8.10. The number of anilines is 1. The van der Waals surface area contributed by atoms with Gasteiger partial charge in [-0.05, 0) is 129 Å². The normalized spacial score (nSPS) is 16.4. The van der Waals surface area contributed by atoms with Crippen molar-refractivity contribution >= 4 is 40.7 Å². The quantitative estimate of drug-likeness (QED) is 0.0341. The average molecular weight is 1200 g/mol. The minimum absolute atomic E-state index is 0.0102. The van der Waals surface area contributed by atoms with Crippen LogP contribution in [0, 0.1) is 33.6 Å². The third-order valence-electron chi connectivity index (χ3n) is 16.2. The number of benzene rings is 4. The predicted molar refractivity (Wildman–Crippen MR) is 330 cm³/mol. The summed E-state index contributed by atoms with van der Waals surface area (Å²) in [5.41, 5.74) is 11.9. The van der Waals surface area contributed by atoms with Gasteiger partial charge in [0.15, 0.2) is 0 Å². The van der Waals surface area contributed by atoms with Gasteiger partial charge in [-0.2, -0.15) is 0 Å². The summed E-state index contributed by atoms with van der Waals surface area (Å²) in [4.78, 5) is 82.2. The van der Waals surface area contributed by atoms with Crippen LogP contribution in [0.1, 0.15) is 100.0 Å². The maximum Gasteiger partial charge on any atom is 0.255 e. The van der Waals surface area contributed by atoms with Crippen LogP contribution in [-0.2, 0) is 48.2 Å². The third-order valence-corrected chi connectivity index (χ3v) is 17.2. The number of ether oxygens (including phenoxy) is 6. The number of aromatic amines is 1. The minimum Gasteiger partial charge on any atom is -0.491 e. The molecule has 0 bridgehead atoms. The second kappa shape index (κ2) is 29.8. The lowest BCUT2D eigenvalue weighted by molar-refractivity contribution is -0.143. The molecule has 3 aliphatic rings. The van der Waals surface area contributed by atoms with Crippen LogP contribution in [0.25, 0.3) is 21.6 Å². The molecule has 0 aliphatic carbocycles. The summed E-state index contributed by atoms with van der Waals surface area (Å²) < 4.78 is 35.4. The van der Waals surface area contributed by atoms with Crippen molar-refractivity contribution in [1.29, 1.82) is 0 Å². The Balaban J connectivity index is 0.708. The van der Waals surface area contributed by atoms with E-state index in [1.165, 1.54) is 16.2 Å². The molecule has 2 saturated heterocycles. The number of aromatic nitrogens is 2. The van der Waals surface area contributed by atoms with Crippen molar-refractivity contribution in [2.24, 2.45) is 5.92 Å². The molecule has 3 atom stereocenters. The molecule has 458 valence electrons. The van der Waals surface area contributed by atoms with Crippen LogP contribution in [0.2, 0.25) is 0 Å². The van der Waals surface area contributed by atoms with E-state index in [0.717, 1.165) is 80.3 Å². The Bertz CT molecular complexity index is 3380. The Labute approximate surface area is 507 Å². The van der Waals surface area contributed by atoms with Crippen molar-refractivity contribution in [3.05, 3.63) is 151 Å². The van der Waals surface area contributed by atoms with Gasteiger partial charge in [0.1, 0.15) is 36.8 Å². The summed E-state index contributed by atoms with van der Waals surface area (Å²) in [6, 6.07) is 25.5. The molecule has 4 N–H and O–H groups in total. The standard InChI is InChI=1S/C66H81N7O12S/c1-8-71(51-19-21-80-22-20-51)57-33-50(32-55(44(57)6)62(75)68-37-56-42(4)31-43(5)70-63(56)76)46-15-17-53(18-16-46)84-29-27-82-25-23-81-24-26-83-28-30-85-59-34-47(61-45(7)69-40-86-61)13-14-48(59)36-67-64(77)58-35-52(74)39-72(58)66(79)60(41(2)3)73-38-49-11-9-10-12-54(49)65(73)78/h9-18,31-34,40-41,51-52,58,60,74H,8,19-30,35-39H2,1-7H3,(H,67,77)(H,68,75)(H,70,76)/t52-,58?,60+/m1/s1. The van der Waals surface area contributed by atoms with Crippen LogP contribution >= 0.6 is 11.3 Å². The number of H-pyrrole nitrogens is 1. The number of amides is 4. The Hall–Kier alpha value is -7.46. The summed E-state index contributed by atoms with van der Waals surface area (Å²) in [6.07, 6.45) is 0.986. The molecule has 1 unspecified atom stereocenters. The second-order valence-corrected chi connectivity index (χ2v) is 23.3. The van der Waals surface area contributed by atoms with Crippen LogP contribution in [-0.4, -0.2) is 152 Å². The number of aliphatic hydroxyl groups excluding tert-OH is 1. The SMILES string of the molecule is CCN(c1cc(-c2ccc(OCCOCCOCCOCCOc3cc(-c4scnc4C)ccc3CNC(=O)C3C[C@@H](O)CN3C(=O)[C@H](C(C)C)N3Cc4ccccc4C3=O)cc2)cc(C(=O)NCc2c(C)cc(C)[nH]c2=O)c1C)C1CCOCC1. The summed E-state index contributed by atoms with van der Waals surface area (Å²) in [5, 5.41) is 16.8. The molecule has 6 aromatic rings. The summed E-state index contributed by atoms with van der Waals surface area (Å²) in [7, 11) is 0. The summed E-state index contributed by atoms with van der Waals surface area (Å²) in [6.45, 7) is 18.9. The first-order chi connectivity index (χ1) is 41.6. The van der Waals surface area contributed by atoms with Crippen LogP contribution in [0.3, 0.4) is 0 Å². The first-order valence-corrected chi connectivity index (χ1v) is 30.7. The van der Waals surface area contributed by atoms with E-state index in [1.807, 2.05) is 108 Å². The van der Waals surface area contributed by atoms with Crippen molar-refractivity contribution in [3.8, 4) is 33.1 Å². The number of likely N-dealkylation sites (tertiary alicyclic amines) is 1. The van der Waals surface area contributed by atoms with Crippen molar-refractivity contribution in [2.75, 3.05) is 84.1 Å². The number of hydrogen-bond acceptors (Lipinski definition) is 15. The molecule has 20 heteroatoms. The molecule has 0 saturated carbocycles. The van der Waals surface area contributed by atoms with E-state index in [9.17, 15) is 29.1 Å². The Morgan fingerprint density at radius 1 is 0.814 bits per heavy atom. The number of thiazole rings is 1. The molecular formula is C66H81N7O12S. The van der Waals surface area contributed by atoms with Gasteiger partial charge in [0.25, 0.3) is 17.4 Å². The molecule has 4 amide bonds. The molecule has 19 nitrogen and oxygen atoms in total. The zero-order valence-electron chi connectivity index (χ0n) is 50.4. The maximum absolute atomic E-state index is 14.3. The third kappa shape index (κ3) is 15.4. The maximum atomic E-state index is 14.3. The fourth-order valence-corrected chi connectivity index (χ4v) is 12.5. The van der Waals surface area contributed by atoms with Gasteiger partial charge in [-0.25, -0.2) is 4.98 Å². The number of nitrogens with zero attached hydrogens (tertiary/aromatic N) is 4. The highest BCUT2D eigenvalue weighted by molar-refractivity contribution is 7.13. The molecular weight excluding hydrogens is 1110 g/mol. The minimum atomic E-state index is -0.924. The van der Waals surface area contributed by atoms with Crippen molar-refractivity contribution in [3.63, 3.8) is 0 Å². The van der Waals surface area contributed by atoms with Crippen LogP contribution in [0.15, 0.2) is 95.2 Å². The van der Waals surface area contributed by atoms with Gasteiger partial charge in [-0.3, -0.25) is 24.0 Å². The van der Waals surface area contributed by atoms with Gasteiger partial charge in [0.2, 0.25) is 11.8 Å². The number of aliphatic hydroxyl groups is 1. The van der Waals surface area contributed by atoms with Crippen molar-refractivity contribution < 1.29 is 52.7 Å². The van der Waals surface area contributed by atoms with E-state index >= 15 is 0 Å². The number of fused-ring (bicyclic) bond motifs is 1. The number of carbonyl (C=O) groups excluding carboxylic acids is 4. The van der Waals surface area contributed by atoms with E-state index in [2.05, 4.69) is 38.5 Å². The van der Waals surface area contributed by atoms with E-state index in [1.54, 1.807) is 22.5 Å². The topological polar surface area (TPSA) is 223 Å². The number of pyridine rings is 1. The smallest absolute Gasteiger partial charge is 0.255 e. The number of rotatable bonds is 28. The molecule has 2 fully saturated rings. The number of aryl methyl sites for hydroxylation is 3. The molecule has 0 radical (unpaired) electrons. The lowest BCUT2D eigenvalue weighted by atomic mass is 9.95. The highest BCUT2D eigenvalue weighted by Crippen LogP contribution is 2.36. The fraction of sp³-hybridized carbons (Fsp3) is 0.455. The lowest BCUT2D eigenvalue weighted by Crippen LogP contribution is -2.55. The Morgan fingerprint density at radius 3 is 2.16 bits per heavy atom. The number of nitrogens with one attached hydrogen (secondary N) is 3. The fourth-order valence-electron chi connectivity index (χ4n) is 11.7. The van der Waals surface area contributed by atoms with Gasteiger partial charge in [0.05, 0.1) is 61.8 Å². The first kappa shape index (κ1) is 63.1. The first-order valence-electron chi connectivity index (χ1n) is 29.8. The van der Waals surface area contributed by atoms with E-state index in [4.69, 9.17) is 28.4 Å². The highest BCUT2D eigenvalue weighted by Gasteiger charge is 2.46. The monoisotopic (exact) mass is 1200 g/mol. The summed E-state index contributed by atoms with van der Waals surface area (Å²) in [5.74, 6) is -0.228. The van der Waals surface area contributed by atoms with E-state index in [0.29, 0.717) is 87.6 Å². The largest absolute Gasteiger partial charge is 0.491 e. The zero-order valence-corrected chi connectivity index (χ0v) is 51.2. The van der Waals surface area contributed by atoms with E-state index < -0.39 is 24.1 Å². The summed E-state index contributed by atoms with van der Waals surface area (Å²) >= 11 is 1.52. The average Bonchev–Trinajstić information content (AvgIpc) is 1.71. The van der Waals surface area contributed by atoms with Crippen molar-refractivity contribution in [2.45, 2.75) is 112 Å². The Morgan fingerprint density at radius 2 is 1.50 bits per heavy atom. The Kier molecular flexibility index (Phi) is 21.8. The van der Waals surface area contributed by atoms with Crippen LogP contribution in [0.4, 0.5) is 5.69 Å². The lowest BCUT2D eigenvalue weighted by Gasteiger charge is -2.37. The zero-order chi connectivity index (χ0) is 60.9. The molecule has 5 heterocycles.